The molecule has 3 rings (SSSR count). The summed E-state index contributed by atoms with van der Waals surface area (Å²) in [6.07, 6.45) is -0.215. The first-order valence-corrected chi connectivity index (χ1v) is 10.2. The number of aryl methyl sites for hydroxylation is 2. The summed E-state index contributed by atoms with van der Waals surface area (Å²) in [5.41, 5.74) is 0.767. The molecule has 10 heteroatoms. The molecule has 0 aliphatic carbocycles. The van der Waals surface area contributed by atoms with Gasteiger partial charge in [0.25, 0.3) is 5.89 Å². The van der Waals surface area contributed by atoms with Crippen LogP contribution in [0.4, 0.5) is 6.01 Å². The van der Waals surface area contributed by atoms with Crippen LogP contribution in [0.5, 0.6) is 0 Å². The van der Waals surface area contributed by atoms with Crippen LogP contribution in [0.1, 0.15) is 17.1 Å². The van der Waals surface area contributed by atoms with Gasteiger partial charge in [-0.2, -0.15) is 0 Å². The highest BCUT2D eigenvalue weighted by molar-refractivity contribution is 7.91. The van der Waals surface area contributed by atoms with Crippen LogP contribution >= 0.6 is 11.3 Å². The fourth-order valence-electron chi connectivity index (χ4n) is 2.25. The fraction of sp³-hybridized carbons (Fsp3) is 0.250. The minimum Gasteiger partial charge on any atom is -0.402 e. The van der Waals surface area contributed by atoms with Crippen molar-refractivity contribution < 1.29 is 17.6 Å². The maximum Gasteiger partial charge on any atom is 0.322 e. The fourth-order valence-corrected chi connectivity index (χ4v) is 4.35. The molecule has 1 aromatic carbocycles. The Morgan fingerprint density at radius 1 is 1.19 bits per heavy atom. The number of sulfone groups is 1. The molecule has 2 heterocycles. The second-order valence-corrected chi connectivity index (χ2v) is 8.80. The normalized spacial score (nSPS) is 11.5. The van der Waals surface area contributed by atoms with Crippen molar-refractivity contribution >= 4 is 33.1 Å². The van der Waals surface area contributed by atoms with Crippen molar-refractivity contribution in [3.8, 4) is 10.8 Å². The van der Waals surface area contributed by atoms with Gasteiger partial charge in [0.1, 0.15) is 4.88 Å². The minimum absolute atomic E-state index is 0.0763. The van der Waals surface area contributed by atoms with Crippen LogP contribution in [0, 0.1) is 13.8 Å². The van der Waals surface area contributed by atoms with Crippen LogP contribution in [-0.4, -0.2) is 35.3 Å². The number of nitrogens with one attached hydrogen (secondary N) is 1. The number of carbonyl (C=O) groups is 1. The Morgan fingerprint density at radius 3 is 2.58 bits per heavy atom. The number of hydrogen-bond donors (Lipinski definition) is 1. The van der Waals surface area contributed by atoms with E-state index in [1.165, 1.54) is 23.5 Å². The number of benzene rings is 1. The standard InChI is InChI=1S/C16H16N4O4S2/c1-10-14(25-11(2)17-10)15-19-20-16(24-15)18-13(21)8-9-26(22,23)12-6-4-3-5-7-12/h3-7H,8-9H2,1-2H3,(H,18,20,21). The molecule has 0 fully saturated rings. The molecule has 0 saturated heterocycles. The first-order valence-electron chi connectivity index (χ1n) is 7.71. The Hall–Kier alpha value is -2.59. The molecular weight excluding hydrogens is 376 g/mol. The Labute approximate surface area is 154 Å². The summed E-state index contributed by atoms with van der Waals surface area (Å²) in [4.78, 5) is 17.2. The van der Waals surface area contributed by atoms with Gasteiger partial charge in [-0.05, 0) is 26.0 Å². The lowest BCUT2D eigenvalue weighted by molar-refractivity contribution is -0.115. The number of thiazole rings is 1. The van der Waals surface area contributed by atoms with E-state index in [-0.39, 0.29) is 29.0 Å². The molecule has 2 aromatic heterocycles. The van der Waals surface area contributed by atoms with Crippen molar-refractivity contribution in [3.63, 3.8) is 0 Å². The number of anilines is 1. The van der Waals surface area contributed by atoms with Gasteiger partial charge in [-0.3, -0.25) is 10.1 Å². The van der Waals surface area contributed by atoms with Gasteiger partial charge in [-0.25, -0.2) is 13.4 Å². The highest BCUT2D eigenvalue weighted by Crippen LogP contribution is 2.29. The van der Waals surface area contributed by atoms with Crippen molar-refractivity contribution in [2.75, 3.05) is 11.1 Å². The molecule has 0 unspecified atom stereocenters. The molecule has 1 N–H and O–H groups in total. The lowest BCUT2D eigenvalue weighted by Gasteiger charge is -2.03. The van der Waals surface area contributed by atoms with Crippen molar-refractivity contribution in [2.24, 2.45) is 0 Å². The van der Waals surface area contributed by atoms with E-state index in [4.69, 9.17) is 4.42 Å². The van der Waals surface area contributed by atoms with Crippen LogP contribution in [0.3, 0.4) is 0 Å². The molecule has 0 spiro atoms. The summed E-state index contributed by atoms with van der Waals surface area (Å²) in [6.45, 7) is 3.70. The third-order valence-electron chi connectivity index (χ3n) is 3.47. The Bertz CT molecular complexity index is 1030. The maximum absolute atomic E-state index is 12.2. The van der Waals surface area contributed by atoms with E-state index in [9.17, 15) is 13.2 Å². The average molecular weight is 392 g/mol. The summed E-state index contributed by atoms with van der Waals surface area (Å²) in [5, 5.41) is 10.9. The molecule has 0 aliphatic heterocycles. The summed E-state index contributed by atoms with van der Waals surface area (Å²) in [6, 6.07) is 7.91. The topological polar surface area (TPSA) is 115 Å². The summed E-state index contributed by atoms with van der Waals surface area (Å²) >= 11 is 1.41. The van der Waals surface area contributed by atoms with Crippen molar-refractivity contribution in [2.45, 2.75) is 25.2 Å². The van der Waals surface area contributed by atoms with Gasteiger partial charge in [0.05, 0.1) is 21.3 Å². The van der Waals surface area contributed by atoms with Crippen LogP contribution < -0.4 is 5.32 Å². The minimum atomic E-state index is -3.52. The maximum atomic E-state index is 12.2. The average Bonchev–Trinajstić information content (AvgIpc) is 3.19. The first kappa shape index (κ1) is 18.2. The van der Waals surface area contributed by atoms with E-state index in [0.29, 0.717) is 0 Å². The smallest absolute Gasteiger partial charge is 0.322 e. The zero-order valence-corrected chi connectivity index (χ0v) is 15.7. The summed E-state index contributed by atoms with van der Waals surface area (Å²) in [5.74, 6) is -0.561. The third kappa shape index (κ3) is 4.14. The van der Waals surface area contributed by atoms with Gasteiger partial charge in [0, 0.05) is 6.42 Å². The molecule has 136 valence electrons. The van der Waals surface area contributed by atoms with Gasteiger partial charge < -0.3 is 4.42 Å². The lowest BCUT2D eigenvalue weighted by Crippen LogP contribution is -2.17. The molecule has 26 heavy (non-hydrogen) atoms. The Kier molecular flexibility index (Phi) is 5.14. The molecule has 3 aromatic rings. The first-order chi connectivity index (χ1) is 12.3. The highest BCUT2D eigenvalue weighted by Gasteiger charge is 2.19. The number of aromatic nitrogens is 3. The molecular formula is C16H16N4O4S2. The molecule has 0 bridgehead atoms. The molecule has 0 aliphatic rings. The van der Waals surface area contributed by atoms with E-state index in [1.807, 2.05) is 13.8 Å². The SMILES string of the molecule is Cc1nc(C)c(-c2nnc(NC(=O)CCS(=O)(=O)c3ccccc3)o2)s1. The quantitative estimate of drug-likeness (QED) is 0.685. The highest BCUT2D eigenvalue weighted by atomic mass is 32.2. The zero-order valence-electron chi connectivity index (χ0n) is 14.1. The largest absolute Gasteiger partial charge is 0.402 e. The van der Waals surface area contributed by atoms with Gasteiger partial charge in [-0.15, -0.1) is 16.4 Å². The number of nitrogens with zero attached hydrogens (tertiary/aromatic N) is 3. The number of rotatable bonds is 6. The number of amides is 1. The number of carbonyl (C=O) groups excluding carboxylic acids is 1. The van der Waals surface area contributed by atoms with Gasteiger partial charge in [0.2, 0.25) is 5.91 Å². The second-order valence-electron chi connectivity index (χ2n) is 5.49. The predicted molar refractivity (Wildman–Crippen MR) is 96.6 cm³/mol. The van der Waals surface area contributed by atoms with Gasteiger partial charge in [-0.1, -0.05) is 23.3 Å². The number of hydrogen-bond acceptors (Lipinski definition) is 8. The summed E-state index contributed by atoms with van der Waals surface area (Å²) < 4.78 is 29.8. The zero-order chi connectivity index (χ0) is 18.7. The summed E-state index contributed by atoms with van der Waals surface area (Å²) in [7, 11) is -3.52. The van der Waals surface area contributed by atoms with Crippen molar-refractivity contribution in [3.05, 3.63) is 41.0 Å². The van der Waals surface area contributed by atoms with Crippen LogP contribution in [-0.2, 0) is 14.6 Å². The molecule has 1 amide bonds. The molecule has 0 atom stereocenters. The van der Waals surface area contributed by atoms with E-state index >= 15 is 0 Å². The van der Waals surface area contributed by atoms with E-state index in [1.54, 1.807) is 18.2 Å². The van der Waals surface area contributed by atoms with Gasteiger partial charge >= 0.3 is 6.01 Å². The van der Waals surface area contributed by atoms with E-state index in [2.05, 4.69) is 20.5 Å². The predicted octanol–water partition coefficient (Wildman–Crippen LogP) is 2.61. The molecule has 8 nitrogen and oxygen atoms in total. The van der Waals surface area contributed by atoms with E-state index in [0.717, 1.165) is 15.6 Å². The lowest BCUT2D eigenvalue weighted by atomic mass is 10.4. The third-order valence-corrected chi connectivity index (χ3v) is 6.26. The van der Waals surface area contributed by atoms with Crippen molar-refractivity contribution in [1.82, 2.24) is 15.2 Å². The monoisotopic (exact) mass is 392 g/mol. The Balaban J connectivity index is 1.62. The van der Waals surface area contributed by atoms with Crippen LogP contribution in [0.25, 0.3) is 10.8 Å². The molecule has 0 radical (unpaired) electrons. The van der Waals surface area contributed by atoms with Gasteiger partial charge in [0.15, 0.2) is 9.84 Å². The van der Waals surface area contributed by atoms with Crippen LogP contribution in [0.2, 0.25) is 0 Å². The van der Waals surface area contributed by atoms with E-state index < -0.39 is 15.7 Å². The van der Waals surface area contributed by atoms with Crippen LogP contribution in [0.15, 0.2) is 39.6 Å². The Morgan fingerprint density at radius 2 is 1.92 bits per heavy atom. The van der Waals surface area contributed by atoms with Crippen molar-refractivity contribution in [1.29, 1.82) is 0 Å². The molecule has 0 saturated carbocycles. The second kappa shape index (κ2) is 7.34.